The normalized spacial score (nSPS) is 8.04. The van der Waals surface area contributed by atoms with Crippen LogP contribution in [0.25, 0.3) is 0 Å². The summed E-state index contributed by atoms with van der Waals surface area (Å²) in [5.74, 6) is -1.38. The molecule has 0 aromatic heterocycles. The molecule has 0 saturated carbocycles. The largest absolute Gasteiger partial charge is 2.00 e. The number of carbonyl (C=O) groups excluding carboxylic acids is 4. The van der Waals surface area contributed by atoms with Crippen LogP contribution in [0.3, 0.4) is 0 Å². The molecule has 0 spiro atoms. The van der Waals surface area contributed by atoms with Crippen LogP contribution in [0.4, 0.5) is 0 Å². The zero-order valence-corrected chi connectivity index (χ0v) is 58.6. The summed E-state index contributed by atoms with van der Waals surface area (Å²) >= 11 is 3.27. The van der Waals surface area contributed by atoms with E-state index in [1.165, 1.54) is 29.2 Å². The zero-order valence-electron chi connectivity index (χ0n) is 49.1. The molecule has 488 valence electrons. The van der Waals surface area contributed by atoms with E-state index in [1.54, 1.807) is 46.8 Å². The van der Waals surface area contributed by atoms with Crippen LogP contribution in [0, 0.1) is 6.58 Å². The fourth-order valence-corrected chi connectivity index (χ4v) is 3.62. The summed E-state index contributed by atoms with van der Waals surface area (Å²) in [4.78, 5) is 51.1. The fraction of sp³-hybridized carbons (Fsp3) is 0.689. The maximum atomic E-state index is 11.0. The molecule has 2 unspecified atom stereocenters. The number of carboxylic acids is 1. The summed E-state index contributed by atoms with van der Waals surface area (Å²) < 4.78 is 14.9. The third kappa shape index (κ3) is 284. The molecule has 6 radical (unpaired) electrons. The average Bonchev–Trinajstić information content (AvgIpc) is 3.18. The number of Topliss-reactive ketones (excluding diaryl/α,β-unsaturated/α-hetero) is 2. The number of aliphatic hydroxyl groups is 2. The van der Waals surface area contributed by atoms with E-state index >= 15 is 0 Å². The van der Waals surface area contributed by atoms with Crippen molar-refractivity contribution in [1.82, 2.24) is 0 Å². The molecule has 13 nitrogen and oxygen atoms in total. The fourth-order valence-electron chi connectivity index (χ4n) is 2.97. The van der Waals surface area contributed by atoms with Gasteiger partial charge in [-0.15, -0.1) is 13.2 Å². The van der Waals surface area contributed by atoms with Crippen molar-refractivity contribution in [2.45, 2.75) is 256 Å². The number of ketones is 2. The topological polar surface area (TPSA) is 227 Å². The van der Waals surface area contributed by atoms with Crippen LogP contribution in [0.2, 0.25) is 0 Å². The first-order valence-corrected chi connectivity index (χ1v) is 24.8. The Balaban J connectivity index is -0.0000000198. The summed E-state index contributed by atoms with van der Waals surface area (Å²) in [6, 6.07) is 0. The number of alkyl halides is 1. The number of allylic oxidation sites excluding steroid dienone is 8. The first-order chi connectivity index (χ1) is 31.3. The van der Waals surface area contributed by atoms with Crippen molar-refractivity contribution in [3.63, 3.8) is 0 Å². The third-order valence-electron chi connectivity index (χ3n) is 6.00. The Morgan fingerprint density at radius 2 is 0.964 bits per heavy atom. The number of halogens is 2. The predicted molar refractivity (Wildman–Crippen MR) is 369 cm³/mol. The Bertz CT molecular complexity index is 1350. The monoisotopic (exact) mass is 1370 g/mol. The maximum Gasteiger partial charge on any atom is 2.00 e. The Kier molecular flexibility index (Phi) is 271. The van der Waals surface area contributed by atoms with Crippen LogP contribution >= 0.6 is 23.5 Å². The minimum absolute atomic E-state index is 0. The van der Waals surface area contributed by atoms with Gasteiger partial charge in [-0.25, -0.2) is 7.56 Å². The van der Waals surface area contributed by atoms with Crippen molar-refractivity contribution in [2.24, 2.45) is 0 Å². The second-order valence-corrected chi connectivity index (χ2v) is 16.5. The second kappa shape index (κ2) is 136. The first-order valence-electron chi connectivity index (χ1n) is 22.2. The van der Waals surface area contributed by atoms with Crippen molar-refractivity contribution in [1.29, 1.82) is 0 Å². The van der Waals surface area contributed by atoms with Gasteiger partial charge in [0.05, 0.1) is 41.5 Å². The van der Waals surface area contributed by atoms with E-state index in [9.17, 15) is 24.3 Å². The Morgan fingerprint density at radius 1 is 0.651 bits per heavy atom. The van der Waals surface area contributed by atoms with Crippen molar-refractivity contribution >= 4 is 98.7 Å². The van der Waals surface area contributed by atoms with E-state index in [0.717, 1.165) is 37.1 Å². The molecule has 0 fully saturated rings. The van der Waals surface area contributed by atoms with E-state index in [1.807, 2.05) is 54.5 Å². The van der Waals surface area contributed by atoms with Crippen LogP contribution in [0.15, 0.2) is 77.5 Å². The van der Waals surface area contributed by atoms with E-state index < -0.39 is 31.4 Å². The molecule has 0 bridgehead atoms. The molecule has 0 heterocycles. The minimum atomic E-state index is -1.12. The zero-order chi connectivity index (χ0) is 56.3. The Hall–Kier alpha value is 0.0810. The molecule has 0 rings (SSSR count). The smallest absolute Gasteiger partial charge is 1.00 e. The third-order valence-corrected chi connectivity index (χ3v) is 6.32. The van der Waals surface area contributed by atoms with E-state index in [4.69, 9.17) is 52.3 Å². The molecule has 22 heteroatoms. The van der Waals surface area contributed by atoms with Gasteiger partial charge in [0, 0.05) is 38.1 Å². The van der Waals surface area contributed by atoms with Gasteiger partial charge in [-0.3, -0.25) is 25.8 Å². The van der Waals surface area contributed by atoms with Crippen LogP contribution in [-0.4, -0.2) is 140 Å². The predicted octanol–water partition coefficient (Wildman–Crippen LogP) is 8.07. The number of carboxylic acid groups (broad SMARTS) is 1. The van der Waals surface area contributed by atoms with E-state index in [2.05, 4.69) is 86.3 Å². The molecule has 0 aromatic rings. The molecular formula is C61H134B3Br2MgNa2O13P. The van der Waals surface area contributed by atoms with Crippen molar-refractivity contribution in [2.75, 3.05) is 31.8 Å². The van der Waals surface area contributed by atoms with Crippen molar-refractivity contribution < 1.29 is 140 Å². The molecule has 4 N–H and O–H groups in total. The van der Waals surface area contributed by atoms with Gasteiger partial charge in [-0.2, -0.15) is 0 Å². The molecule has 0 aliphatic carbocycles. The summed E-state index contributed by atoms with van der Waals surface area (Å²) in [5.41, 5.74) is 5.61. The summed E-state index contributed by atoms with van der Waals surface area (Å²) in [7, 11) is 13.1. The molecule has 0 saturated heterocycles. The number of ether oxygens (including phenoxy) is 3. The molecule has 0 aliphatic rings. The first kappa shape index (κ1) is 166. The standard InChI is InChI=1S/C11H20O3.C10H18O.C8H14O.C6H10O3.C5H9Br.C5H10O.C2H4O2.C2H5O.C2H3.10CH4.B3P.BrH.Mg.2Na.H2O/c1-5-10(12)14-11(13-6-2)8-7-9(3)4;1-5-10(4,11)8-6-7-9(2)3;1-7(2)5-4-6-8(3)9;1-3-9-6(8)4-5(2)7;2*1-5(2)3-4-6;1-2(3)4;1-2-3;1-2;;;;;;;;;;;1-4(2)3;;;;;/h7,11H,5-6,8H2,1-4H3;5,7,11H,1,6,8H2,2-4H3;5H,4,6H2,1-3H3;3-4H2,1-2H3;3H,4H2,1-2H3;3,6H,4H2,1-2H3;1H3,(H,3,4);2H2,1H3;1H,2H2;10*1H4;;1H;;;;1H2/q;;;;;;;2*-1;;;;;;;;;;;;;+2;2*+1;/p-2. The van der Waals surface area contributed by atoms with Gasteiger partial charge in [0.2, 0.25) is 6.29 Å². The van der Waals surface area contributed by atoms with Crippen molar-refractivity contribution in [3.8, 4) is 0 Å². The molecular weight excluding hydrogens is 1230 g/mol. The van der Waals surface area contributed by atoms with Crippen LogP contribution < -0.4 is 81.2 Å². The Morgan fingerprint density at radius 3 is 1.16 bits per heavy atom. The maximum absolute atomic E-state index is 11.0. The summed E-state index contributed by atoms with van der Waals surface area (Å²) in [6.45, 7) is 44.7. The van der Waals surface area contributed by atoms with Gasteiger partial charge in [-0.05, 0) is 123 Å². The van der Waals surface area contributed by atoms with E-state index in [0.29, 0.717) is 32.5 Å². The molecule has 0 aliphatic heterocycles. The second-order valence-electron chi connectivity index (χ2n) is 15.0. The summed E-state index contributed by atoms with van der Waals surface area (Å²) in [6.07, 6.45) is 15.4. The van der Waals surface area contributed by atoms with Gasteiger partial charge in [0.25, 0.3) is 5.97 Å². The number of rotatable bonds is 18. The van der Waals surface area contributed by atoms with E-state index in [-0.39, 0.29) is 216 Å². The number of esters is 2. The number of aliphatic hydroxyl groups excluding tert-OH is 1. The number of aliphatic carboxylic acids is 1. The number of hydrogen-bond acceptors (Lipinski definition) is 12. The number of carbonyl (C=O) groups is 5. The van der Waals surface area contributed by atoms with Gasteiger partial charge in [0.15, 0.2) is 0 Å². The average molecular weight is 1370 g/mol. The van der Waals surface area contributed by atoms with Gasteiger partial charge in [-0.1, -0.05) is 168 Å². The quantitative estimate of drug-likeness (QED) is 0.0173. The SMILES string of the molecule is C.C.C.C.C.C.C.C.C.C.C=CC(C)(O)CCC=C(C)C.CC(=O)CCC=C(C)C.CC(=O)O.CC(C)=CCBr.CC(C)=CCO.CCOC(=O)CC(C)=O.CCOC(CC=C(C)C)OC(=O)CC.CC[O-].[B]P([B])[B].[Br-].[CH-]=C.[Mg+2].[Na+].[Na+].[OH-]. The Labute approximate surface area is 604 Å². The molecule has 0 amide bonds. The minimum Gasteiger partial charge on any atom is -1.00 e. The van der Waals surface area contributed by atoms with Crippen LogP contribution in [0.5, 0.6) is 0 Å². The molecule has 0 aromatic carbocycles. The molecule has 2 atom stereocenters. The number of hydrogen-bond donors (Lipinski definition) is 3. The molecule has 83 heavy (non-hydrogen) atoms. The van der Waals surface area contributed by atoms with Gasteiger partial charge < -0.3 is 68.5 Å². The van der Waals surface area contributed by atoms with Gasteiger partial charge >= 0.3 is 94.1 Å². The summed E-state index contributed by atoms with van der Waals surface area (Å²) in [5, 5.41) is 35.0. The van der Waals surface area contributed by atoms with Crippen LogP contribution in [-0.2, 0) is 38.2 Å². The van der Waals surface area contributed by atoms with Gasteiger partial charge in [0.1, 0.15) is 18.0 Å². The van der Waals surface area contributed by atoms with Crippen LogP contribution in [0.1, 0.15) is 244 Å². The van der Waals surface area contributed by atoms with Crippen molar-refractivity contribution in [3.05, 3.63) is 84.1 Å².